The second kappa shape index (κ2) is 5.53. The molecule has 1 heterocycles. The van der Waals surface area contributed by atoms with Gasteiger partial charge in [0, 0.05) is 11.8 Å². The van der Waals surface area contributed by atoms with Gasteiger partial charge in [-0.1, -0.05) is 17.8 Å². The van der Waals surface area contributed by atoms with E-state index < -0.39 is 0 Å². The van der Waals surface area contributed by atoms with Crippen molar-refractivity contribution in [2.45, 2.75) is 31.4 Å². The van der Waals surface area contributed by atoms with E-state index in [0.29, 0.717) is 0 Å². The lowest BCUT2D eigenvalue weighted by molar-refractivity contribution is 0.625. The fraction of sp³-hybridized carbons (Fsp3) is 0.533. The maximum Gasteiger partial charge on any atom is 0.156 e. The van der Waals surface area contributed by atoms with Crippen LogP contribution in [0.15, 0.2) is 23.2 Å². The number of rotatable bonds is 4. The van der Waals surface area contributed by atoms with E-state index >= 15 is 0 Å². The fourth-order valence-electron chi connectivity index (χ4n) is 2.45. The van der Waals surface area contributed by atoms with Crippen LogP contribution in [-0.4, -0.2) is 23.5 Å². The molecule has 0 aromatic heterocycles. The highest BCUT2D eigenvalue weighted by molar-refractivity contribution is 8.14. The Hall–Kier alpha value is -1.03. The molecule has 2 aliphatic rings. The number of thioether (sulfide) groups is 1. The summed E-state index contributed by atoms with van der Waals surface area (Å²) in [5.74, 6) is 0.754. The predicted octanol–water partition coefficient (Wildman–Crippen LogP) is 3.15. The summed E-state index contributed by atoms with van der Waals surface area (Å²) in [7, 11) is 0. The Morgan fingerprint density at radius 1 is 1.42 bits per heavy atom. The summed E-state index contributed by atoms with van der Waals surface area (Å²) in [6.07, 6.45) is 3.68. The average molecular weight is 278 g/mol. The van der Waals surface area contributed by atoms with E-state index in [0.717, 1.165) is 41.4 Å². The lowest BCUT2D eigenvalue weighted by Gasteiger charge is -2.09. The van der Waals surface area contributed by atoms with Crippen LogP contribution in [-0.2, 0) is 6.42 Å². The van der Waals surface area contributed by atoms with Crippen LogP contribution < -0.4 is 5.32 Å². The third-order valence-electron chi connectivity index (χ3n) is 3.80. The Morgan fingerprint density at radius 3 is 3.00 bits per heavy atom. The van der Waals surface area contributed by atoms with Crippen molar-refractivity contribution in [1.82, 2.24) is 5.32 Å². The summed E-state index contributed by atoms with van der Waals surface area (Å²) >= 11 is 1.90. The van der Waals surface area contributed by atoms with Gasteiger partial charge in [-0.3, -0.25) is 4.99 Å². The quantitative estimate of drug-likeness (QED) is 0.915. The summed E-state index contributed by atoms with van der Waals surface area (Å²) in [6.45, 7) is 3.81. The zero-order chi connectivity index (χ0) is 13.2. The standard InChI is InChI=1S/C15H19FN2S/c1-10-8-13(16)5-4-11(10)6-7-17-15-18-9-14(19-15)12-2-3-12/h4-5,8,12,14H,2-3,6-7,9H2,1H3,(H,17,18). The Bertz CT molecular complexity index is 497. The van der Waals surface area contributed by atoms with Crippen LogP contribution in [0.1, 0.15) is 24.0 Å². The number of benzene rings is 1. The number of aryl methyl sites for hydroxylation is 1. The van der Waals surface area contributed by atoms with Crippen LogP contribution in [0.25, 0.3) is 0 Å². The SMILES string of the molecule is Cc1cc(F)ccc1CCNC1=NCC(C2CC2)S1. The summed E-state index contributed by atoms with van der Waals surface area (Å²) in [5, 5.41) is 5.22. The Labute approximate surface area is 117 Å². The first-order valence-corrected chi connectivity index (χ1v) is 7.80. The van der Waals surface area contributed by atoms with E-state index in [4.69, 9.17) is 0 Å². The molecule has 1 N–H and O–H groups in total. The van der Waals surface area contributed by atoms with Crippen LogP contribution in [0.2, 0.25) is 0 Å². The molecule has 2 nitrogen and oxygen atoms in total. The van der Waals surface area contributed by atoms with Gasteiger partial charge in [-0.25, -0.2) is 4.39 Å². The summed E-state index contributed by atoms with van der Waals surface area (Å²) in [5.41, 5.74) is 2.23. The minimum absolute atomic E-state index is 0.155. The van der Waals surface area contributed by atoms with Crippen molar-refractivity contribution in [3.8, 4) is 0 Å². The van der Waals surface area contributed by atoms with Gasteiger partial charge >= 0.3 is 0 Å². The van der Waals surface area contributed by atoms with E-state index in [2.05, 4.69) is 10.3 Å². The van der Waals surface area contributed by atoms with Crippen LogP contribution in [0, 0.1) is 18.7 Å². The Morgan fingerprint density at radius 2 is 2.26 bits per heavy atom. The Kier molecular flexibility index (Phi) is 3.78. The van der Waals surface area contributed by atoms with Gasteiger partial charge in [0.15, 0.2) is 5.17 Å². The molecule has 1 aromatic rings. The largest absolute Gasteiger partial charge is 0.365 e. The lowest BCUT2D eigenvalue weighted by Crippen LogP contribution is -2.22. The second-order valence-electron chi connectivity index (χ2n) is 5.39. The number of amidine groups is 1. The van der Waals surface area contributed by atoms with Gasteiger partial charge in [0.2, 0.25) is 0 Å². The maximum atomic E-state index is 13.0. The Balaban J connectivity index is 1.45. The van der Waals surface area contributed by atoms with Crippen molar-refractivity contribution < 1.29 is 4.39 Å². The molecule has 1 unspecified atom stereocenters. The number of nitrogens with zero attached hydrogens (tertiary/aromatic N) is 1. The highest BCUT2D eigenvalue weighted by atomic mass is 32.2. The summed E-state index contributed by atoms with van der Waals surface area (Å²) in [4.78, 5) is 4.55. The molecule has 1 saturated carbocycles. The predicted molar refractivity (Wildman–Crippen MR) is 79.2 cm³/mol. The van der Waals surface area contributed by atoms with Crippen molar-refractivity contribution in [2.24, 2.45) is 10.9 Å². The number of hydrogen-bond donors (Lipinski definition) is 1. The number of halogens is 1. The average Bonchev–Trinajstić information content (AvgIpc) is 3.13. The molecule has 0 spiro atoms. The molecule has 1 aliphatic carbocycles. The van der Waals surface area contributed by atoms with E-state index in [1.54, 1.807) is 6.07 Å². The summed E-state index contributed by atoms with van der Waals surface area (Å²) < 4.78 is 13.0. The molecule has 0 amide bonds. The minimum atomic E-state index is -0.155. The smallest absolute Gasteiger partial charge is 0.156 e. The zero-order valence-corrected chi connectivity index (χ0v) is 12.0. The van der Waals surface area contributed by atoms with E-state index in [1.165, 1.54) is 24.5 Å². The first kappa shape index (κ1) is 13.0. The van der Waals surface area contributed by atoms with Gasteiger partial charge in [0.25, 0.3) is 0 Å². The van der Waals surface area contributed by atoms with Crippen LogP contribution in [0.4, 0.5) is 4.39 Å². The van der Waals surface area contributed by atoms with Crippen molar-refractivity contribution >= 4 is 16.9 Å². The molecule has 1 fully saturated rings. The van der Waals surface area contributed by atoms with Crippen LogP contribution in [0.5, 0.6) is 0 Å². The lowest BCUT2D eigenvalue weighted by atomic mass is 10.1. The van der Waals surface area contributed by atoms with Crippen LogP contribution >= 0.6 is 11.8 Å². The molecule has 0 bridgehead atoms. The van der Waals surface area contributed by atoms with E-state index in [1.807, 2.05) is 24.8 Å². The van der Waals surface area contributed by atoms with Crippen LogP contribution in [0.3, 0.4) is 0 Å². The minimum Gasteiger partial charge on any atom is -0.365 e. The van der Waals surface area contributed by atoms with E-state index in [9.17, 15) is 4.39 Å². The highest BCUT2D eigenvalue weighted by Crippen LogP contribution is 2.41. The molecule has 0 radical (unpaired) electrons. The normalized spacial score (nSPS) is 22.4. The van der Waals surface area contributed by atoms with Gasteiger partial charge in [-0.15, -0.1) is 0 Å². The van der Waals surface area contributed by atoms with Gasteiger partial charge in [0.05, 0.1) is 6.54 Å². The first-order chi connectivity index (χ1) is 9.22. The van der Waals surface area contributed by atoms with E-state index in [-0.39, 0.29) is 5.82 Å². The molecule has 1 atom stereocenters. The molecule has 4 heteroatoms. The second-order valence-corrected chi connectivity index (χ2v) is 6.62. The van der Waals surface area contributed by atoms with Gasteiger partial charge < -0.3 is 5.32 Å². The molecule has 3 rings (SSSR count). The number of hydrogen-bond acceptors (Lipinski definition) is 3. The molecule has 1 aromatic carbocycles. The van der Waals surface area contributed by atoms with Crippen molar-refractivity contribution in [2.75, 3.05) is 13.1 Å². The molecule has 0 saturated heterocycles. The highest BCUT2D eigenvalue weighted by Gasteiger charge is 2.35. The monoisotopic (exact) mass is 278 g/mol. The van der Waals surface area contributed by atoms with Gasteiger partial charge in [-0.05, 0) is 55.4 Å². The molecule has 102 valence electrons. The zero-order valence-electron chi connectivity index (χ0n) is 11.2. The van der Waals surface area contributed by atoms with Crippen molar-refractivity contribution in [1.29, 1.82) is 0 Å². The molecule has 1 aliphatic heterocycles. The molecular formula is C15H19FN2S. The van der Waals surface area contributed by atoms with Gasteiger partial charge in [0.1, 0.15) is 5.82 Å². The first-order valence-electron chi connectivity index (χ1n) is 6.92. The topological polar surface area (TPSA) is 24.4 Å². The number of aliphatic imine (C=N–C) groups is 1. The maximum absolute atomic E-state index is 13.0. The van der Waals surface area contributed by atoms with Gasteiger partial charge in [-0.2, -0.15) is 0 Å². The fourth-order valence-corrected chi connectivity index (χ4v) is 3.68. The summed E-state index contributed by atoms with van der Waals surface area (Å²) in [6, 6.07) is 5.01. The van der Waals surface area contributed by atoms with Crippen molar-refractivity contribution in [3.05, 3.63) is 35.1 Å². The molecular weight excluding hydrogens is 259 g/mol. The number of nitrogens with one attached hydrogen (secondary N) is 1. The third kappa shape index (κ3) is 3.30. The third-order valence-corrected chi connectivity index (χ3v) is 5.13. The van der Waals surface area contributed by atoms with Crippen molar-refractivity contribution in [3.63, 3.8) is 0 Å². The molecule has 19 heavy (non-hydrogen) atoms.